The van der Waals surface area contributed by atoms with E-state index in [0.717, 1.165) is 0 Å². The van der Waals surface area contributed by atoms with Crippen molar-refractivity contribution in [2.45, 2.75) is 30.6 Å². The van der Waals surface area contributed by atoms with E-state index in [0.29, 0.717) is 0 Å². The van der Waals surface area contributed by atoms with E-state index < -0.39 is 43.3 Å². The van der Waals surface area contributed by atoms with Crippen LogP contribution >= 0.6 is 11.6 Å². The largest absolute Gasteiger partial charge is 0.394 e. The first-order valence-corrected chi connectivity index (χ1v) is 5.95. The molecule has 1 saturated heterocycles. The number of amides is 2. The average molecular weight is 285 g/mol. The van der Waals surface area contributed by atoms with E-state index in [9.17, 15) is 20.1 Å². The Hall–Kier alpha value is -0.640. The van der Waals surface area contributed by atoms with Gasteiger partial charge in [-0.2, -0.15) is 0 Å². The van der Waals surface area contributed by atoms with Crippen molar-refractivity contribution in [3.05, 3.63) is 0 Å². The number of hydrogen-bond acceptors (Lipinski definition) is 6. The number of hydrogen-bond donors (Lipinski definition) is 6. The zero-order chi connectivity index (χ0) is 13.7. The summed E-state index contributed by atoms with van der Waals surface area (Å²) in [5.74, 6) is 0.217. The minimum atomic E-state index is -1.53. The quantitative estimate of drug-likeness (QED) is 0.312. The molecule has 18 heavy (non-hydrogen) atoms. The van der Waals surface area contributed by atoms with Gasteiger partial charge in [-0.05, 0) is 0 Å². The highest BCUT2D eigenvalue weighted by molar-refractivity contribution is 6.18. The zero-order valence-corrected chi connectivity index (χ0v) is 10.2. The smallest absolute Gasteiger partial charge is 0.315 e. The molecule has 0 aromatic rings. The Bertz CT molecular complexity index is 282. The molecular weight excluding hydrogens is 268 g/mol. The first-order valence-electron chi connectivity index (χ1n) is 5.42. The number of alkyl halides is 1. The third-order valence-electron chi connectivity index (χ3n) is 2.58. The summed E-state index contributed by atoms with van der Waals surface area (Å²) < 4.78 is 4.86. The zero-order valence-electron chi connectivity index (χ0n) is 9.49. The average Bonchev–Trinajstić information content (AvgIpc) is 2.36. The molecule has 2 amide bonds. The van der Waals surface area contributed by atoms with E-state index in [4.69, 9.17) is 21.4 Å². The first kappa shape index (κ1) is 15.4. The molecule has 1 aliphatic heterocycles. The van der Waals surface area contributed by atoms with Gasteiger partial charge in [0.1, 0.15) is 24.4 Å². The van der Waals surface area contributed by atoms with E-state index in [2.05, 4.69) is 10.6 Å². The van der Waals surface area contributed by atoms with E-state index in [-0.39, 0.29) is 12.4 Å². The summed E-state index contributed by atoms with van der Waals surface area (Å²) in [6.45, 7) is -0.338. The van der Waals surface area contributed by atoms with Crippen LogP contribution in [0.25, 0.3) is 0 Å². The fourth-order valence-corrected chi connectivity index (χ4v) is 1.71. The highest BCUT2D eigenvalue weighted by atomic mass is 35.5. The molecule has 106 valence electrons. The number of aliphatic hydroxyl groups excluding tert-OH is 4. The second-order valence-corrected chi connectivity index (χ2v) is 4.22. The number of nitrogens with one attached hydrogen (secondary N) is 2. The van der Waals surface area contributed by atoms with Crippen LogP contribution in [0.3, 0.4) is 0 Å². The van der Waals surface area contributed by atoms with Crippen LogP contribution in [0, 0.1) is 0 Å². The molecule has 0 bridgehead atoms. The molecule has 1 heterocycles. The lowest BCUT2D eigenvalue weighted by Gasteiger charge is -2.40. The van der Waals surface area contributed by atoms with Gasteiger partial charge in [0.15, 0.2) is 6.29 Å². The minimum absolute atomic E-state index is 0.217. The molecule has 0 aromatic carbocycles. The predicted molar refractivity (Wildman–Crippen MR) is 61.0 cm³/mol. The van der Waals surface area contributed by atoms with Gasteiger partial charge in [0, 0.05) is 12.4 Å². The number of aliphatic hydroxyl groups is 4. The summed E-state index contributed by atoms with van der Waals surface area (Å²) >= 11 is 5.37. The molecule has 1 aliphatic rings. The normalized spacial score (nSPS) is 36.2. The molecule has 5 atom stereocenters. The highest BCUT2D eigenvalue weighted by Crippen LogP contribution is 2.19. The SMILES string of the molecule is O=C(NCCCl)N[C@H]1[C@H](O)[C@H](O)[C@@H](CO)O[C@H]1O. The maximum Gasteiger partial charge on any atom is 0.315 e. The molecule has 0 aliphatic carbocycles. The number of carbonyl (C=O) groups excluding carboxylic acids is 1. The van der Waals surface area contributed by atoms with Gasteiger partial charge in [-0.25, -0.2) is 4.79 Å². The number of urea groups is 1. The van der Waals surface area contributed by atoms with Crippen LogP contribution in [0.4, 0.5) is 4.79 Å². The van der Waals surface area contributed by atoms with Crippen molar-refractivity contribution in [2.24, 2.45) is 0 Å². The molecule has 1 fully saturated rings. The summed E-state index contributed by atoms with van der Waals surface area (Å²) in [7, 11) is 0. The van der Waals surface area contributed by atoms with Crippen LogP contribution in [0.2, 0.25) is 0 Å². The summed E-state index contributed by atoms with van der Waals surface area (Å²) in [6, 6.07) is -1.85. The Balaban J connectivity index is 2.57. The molecular formula is C9H17ClN2O6. The Morgan fingerprint density at radius 2 is 1.94 bits per heavy atom. The minimum Gasteiger partial charge on any atom is -0.394 e. The van der Waals surface area contributed by atoms with Crippen molar-refractivity contribution >= 4 is 17.6 Å². The monoisotopic (exact) mass is 284 g/mol. The third-order valence-corrected chi connectivity index (χ3v) is 2.77. The predicted octanol–water partition coefficient (Wildman–Crippen LogP) is -2.68. The molecule has 9 heteroatoms. The molecule has 8 nitrogen and oxygen atoms in total. The topological polar surface area (TPSA) is 131 Å². The maximum atomic E-state index is 11.3. The van der Waals surface area contributed by atoms with Gasteiger partial charge in [0.25, 0.3) is 0 Å². The Labute approximate surface area is 109 Å². The molecule has 0 spiro atoms. The van der Waals surface area contributed by atoms with Crippen LogP contribution in [0.5, 0.6) is 0 Å². The Morgan fingerprint density at radius 1 is 1.28 bits per heavy atom. The number of ether oxygens (including phenoxy) is 1. The van der Waals surface area contributed by atoms with Crippen molar-refractivity contribution in [1.82, 2.24) is 10.6 Å². The maximum absolute atomic E-state index is 11.3. The first-order chi connectivity index (χ1) is 8.51. The summed E-state index contributed by atoms with van der Waals surface area (Å²) in [5, 5.41) is 42.3. The molecule has 1 rings (SSSR count). The van der Waals surface area contributed by atoms with E-state index >= 15 is 0 Å². The van der Waals surface area contributed by atoms with E-state index in [1.54, 1.807) is 0 Å². The molecule has 6 N–H and O–H groups in total. The number of rotatable bonds is 4. The molecule has 0 saturated carbocycles. The molecule has 0 unspecified atom stereocenters. The van der Waals surface area contributed by atoms with Gasteiger partial charge >= 0.3 is 6.03 Å². The third kappa shape index (κ3) is 3.67. The van der Waals surface area contributed by atoms with Crippen LogP contribution in [0.15, 0.2) is 0 Å². The van der Waals surface area contributed by atoms with Crippen molar-refractivity contribution in [2.75, 3.05) is 19.0 Å². The lowest BCUT2D eigenvalue weighted by Crippen LogP contribution is -2.65. The summed E-state index contributed by atoms with van der Waals surface area (Å²) in [5.41, 5.74) is 0. The van der Waals surface area contributed by atoms with Gasteiger partial charge in [-0.15, -0.1) is 11.6 Å². The van der Waals surface area contributed by atoms with Crippen LogP contribution in [-0.4, -0.2) is 76.1 Å². The highest BCUT2D eigenvalue weighted by Gasteiger charge is 2.44. The number of halogens is 1. The van der Waals surface area contributed by atoms with Gasteiger partial charge in [-0.3, -0.25) is 0 Å². The fraction of sp³-hybridized carbons (Fsp3) is 0.889. The lowest BCUT2D eigenvalue weighted by molar-refractivity contribution is -0.252. The van der Waals surface area contributed by atoms with Crippen LogP contribution in [-0.2, 0) is 4.74 Å². The van der Waals surface area contributed by atoms with Crippen molar-refractivity contribution in [3.8, 4) is 0 Å². The van der Waals surface area contributed by atoms with E-state index in [1.165, 1.54) is 0 Å². The van der Waals surface area contributed by atoms with Crippen molar-refractivity contribution in [3.63, 3.8) is 0 Å². The van der Waals surface area contributed by atoms with Gasteiger partial charge in [-0.1, -0.05) is 0 Å². The fourth-order valence-electron chi connectivity index (χ4n) is 1.62. The molecule has 0 aromatic heterocycles. The van der Waals surface area contributed by atoms with Crippen molar-refractivity contribution in [1.29, 1.82) is 0 Å². The Morgan fingerprint density at radius 3 is 2.50 bits per heavy atom. The van der Waals surface area contributed by atoms with Gasteiger partial charge < -0.3 is 35.8 Å². The van der Waals surface area contributed by atoms with Crippen molar-refractivity contribution < 1.29 is 30.0 Å². The van der Waals surface area contributed by atoms with Crippen LogP contribution < -0.4 is 10.6 Å². The second-order valence-electron chi connectivity index (χ2n) is 3.84. The Kier molecular flexibility index (Phi) is 6.06. The number of carbonyl (C=O) groups is 1. The summed E-state index contributed by atoms with van der Waals surface area (Å²) in [6.07, 6.45) is -5.48. The molecule has 0 radical (unpaired) electrons. The standard InChI is InChI=1S/C9H17ClN2O6/c10-1-2-11-9(17)12-5-7(15)6(14)4(3-13)18-8(5)16/h4-8,13-16H,1-3H2,(H2,11,12,17)/t4-,5+,6-,7+,8-/m1/s1. The van der Waals surface area contributed by atoms with Gasteiger partial charge in [0.2, 0.25) is 0 Å². The summed E-state index contributed by atoms with van der Waals surface area (Å²) in [4.78, 5) is 11.3. The lowest BCUT2D eigenvalue weighted by atomic mass is 9.97. The van der Waals surface area contributed by atoms with Gasteiger partial charge in [0.05, 0.1) is 6.61 Å². The van der Waals surface area contributed by atoms with Crippen LogP contribution in [0.1, 0.15) is 0 Å². The van der Waals surface area contributed by atoms with E-state index in [1.807, 2.05) is 0 Å². The second kappa shape index (κ2) is 7.07.